The summed E-state index contributed by atoms with van der Waals surface area (Å²) in [7, 11) is 0. The molecule has 0 atom stereocenters. The Morgan fingerprint density at radius 2 is 2.31 bits per heavy atom. The summed E-state index contributed by atoms with van der Waals surface area (Å²) >= 11 is 0. The number of hydrogen-bond donors (Lipinski definition) is 3. The fraction of sp³-hybridized carbons (Fsp3) is 0.333. The lowest BCUT2D eigenvalue weighted by atomic mass is 10.2. The van der Waals surface area contributed by atoms with E-state index in [1.165, 1.54) is 0 Å². The van der Waals surface area contributed by atoms with E-state index in [9.17, 15) is 0 Å². The van der Waals surface area contributed by atoms with Crippen LogP contribution in [-0.4, -0.2) is 11.7 Å². The van der Waals surface area contributed by atoms with Crippen LogP contribution in [0.2, 0.25) is 0 Å². The van der Waals surface area contributed by atoms with Crippen LogP contribution in [0, 0.1) is 0 Å². The van der Waals surface area contributed by atoms with Crippen LogP contribution in [0.3, 0.4) is 0 Å². The van der Waals surface area contributed by atoms with Gasteiger partial charge in [0.15, 0.2) is 0 Å². The second kappa shape index (κ2) is 4.69. The van der Waals surface area contributed by atoms with Gasteiger partial charge in [-0.05, 0) is 25.1 Å². The van der Waals surface area contributed by atoms with Crippen LogP contribution in [0.25, 0.3) is 0 Å². The largest absolute Gasteiger partial charge is 0.494 e. The van der Waals surface area contributed by atoms with Gasteiger partial charge in [0.25, 0.3) is 0 Å². The van der Waals surface area contributed by atoms with E-state index < -0.39 is 0 Å². The molecule has 0 unspecified atom stereocenters. The average molecular weight is 182 g/mol. The highest BCUT2D eigenvalue weighted by Crippen LogP contribution is 2.21. The standard InChI is InChI=1S/C9H14N2O2/c1-2-13-8-3-4-9(11-10)7(5-8)6-12/h3-5,11-12H,2,6,10H2,1H3. The van der Waals surface area contributed by atoms with Gasteiger partial charge in [-0.3, -0.25) is 5.84 Å². The van der Waals surface area contributed by atoms with Crippen molar-refractivity contribution in [2.24, 2.45) is 5.84 Å². The molecule has 0 amide bonds. The smallest absolute Gasteiger partial charge is 0.119 e. The van der Waals surface area contributed by atoms with E-state index in [4.69, 9.17) is 15.7 Å². The Labute approximate surface area is 77.3 Å². The van der Waals surface area contributed by atoms with E-state index in [0.29, 0.717) is 12.3 Å². The van der Waals surface area contributed by atoms with Crippen molar-refractivity contribution in [3.05, 3.63) is 23.8 Å². The maximum Gasteiger partial charge on any atom is 0.119 e. The molecule has 1 aromatic rings. The topological polar surface area (TPSA) is 67.5 Å². The van der Waals surface area contributed by atoms with Crippen LogP contribution in [0.15, 0.2) is 18.2 Å². The molecule has 4 N–H and O–H groups in total. The van der Waals surface area contributed by atoms with Crippen LogP contribution in [0.1, 0.15) is 12.5 Å². The van der Waals surface area contributed by atoms with E-state index in [1.807, 2.05) is 6.92 Å². The minimum absolute atomic E-state index is 0.0551. The van der Waals surface area contributed by atoms with Crippen molar-refractivity contribution < 1.29 is 9.84 Å². The summed E-state index contributed by atoms with van der Waals surface area (Å²) in [5.74, 6) is 5.99. The van der Waals surface area contributed by atoms with Crippen molar-refractivity contribution in [1.82, 2.24) is 0 Å². The van der Waals surface area contributed by atoms with Gasteiger partial charge in [-0.2, -0.15) is 0 Å². The zero-order chi connectivity index (χ0) is 9.68. The van der Waals surface area contributed by atoms with E-state index in [1.54, 1.807) is 18.2 Å². The molecule has 0 radical (unpaired) electrons. The normalized spacial score (nSPS) is 9.77. The lowest BCUT2D eigenvalue weighted by Crippen LogP contribution is -2.09. The highest BCUT2D eigenvalue weighted by molar-refractivity contribution is 5.53. The van der Waals surface area contributed by atoms with Gasteiger partial charge in [-0.25, -0.2) is 0 Å². The number of hydrazine groups is 1. The maximum atomic E-state index is 8.99. The predicted molar refractivity (Wildman–Crippen MR) is 51.3 cm³/mol. The van der Waals surface area contributed by atoms with E-state index in [2.05, 4.69) is 5.43 Å². The van der Waals surface area contributed by atoms with Crippen LogP contribution in [0.4, 0.5) is 5.69 Å². The first-order chi connectivity index (χ1) is 6.31. The van der Waals surface area contributed by atoms with Crippen molar-refractivity contribution >= 4 is 5.69 Å². The van der Waals surface area contributed by atoms with Gasteiger partial charge in [-0.15, -0.1) is 0 Å². The maximum absolute atomic E-state index is 8.99. The highest BCUT2D eigenvalue weighted by Gasteiger charge is 2.01. The van der Waals surface area contributed by atoms with E-state index in [-0.39, 0.29) is 6.61 Å². The SMILES string of the molecule is CCOc1ccc(NN)c(CO)c1. The van der Waals surface area contributed by atoms with Gasteiger partial charge in [-0.1, -0.05) is 0 Å². The van der Waals surface area contributed by atoms with Crippen LogP contribution in [-0.2, 0) is 6.61 Å². The average Bonchev–Trinajstić information content (AvgIpc) is 2.18. The Hall–Kier alpha value is -1.26. The summed E-state index contributed by atoms with van der Waals surface area (Å²) in [5, 5.41) is 8.99. The van der Waals surface area contributed by atoms with Gasteiger partial charge in [0.2, 0.25) is 0 Å². The van der Waals surface area contributed by atoms with Crippen molar-refractivity contribution in [2.75, 3.05) is 12.0 Å². The molecule has 0 bridgehead atoms. The molecule has 0 aliphatic rings. The number of ether oxygens (including phenoxy) is 1. The Kier molecular flexibility index (Phi) is 3.54. The van der Waals surface area contributed by atoms with Crippen molar-refractivity contribution in [3.8, 4) is 5.75 Å². The first-order valence-corrected chi connectivity index (χ1v) is 4.15. The van der Waals surface area contributed by atoms with Crippen LogP contribution < -0.4 is 16.0 Å². The van der Waals surface area contributed by atoms with Crippen molar-refractivity contribution in [3.63, 3.8) is 0 Å². The third kappa shape index (κ3) is 2.34. The second-order valence-electron chi connectivity index (χ2n) is 2.55. The Morgan fingerprint density at radius 1 is 1.54 bits per heavy atom. The summed E-state index contributed by atoms with van der Waals surface area (Å²) in [6, 6.07) is 5.34. The molecule has 4 heteroatoms. The van der Waals surface area contributed by atoms with Gasteiger partial charge in [0, 0.05) is 5.56 Å². The number of rotatable bonds is 4. The summed E-state index contributed by atoms with van der Waals surface area (Å²) < 4.78 is 5.27. The summed E-state index contributed by atoms with van der Waals surface area (Å²) in [4.78, 5) is 0. The summed E-state index contributed by atoms with van der Waals surface area (Å²) in [6.07, 6.45) is 0. The number of nitrogen functional groups attached to an aromatic ring is 1. The Morgan fingerprint density at radius 3 is 2.85 bits per heavy atom. The molecule has 0 heterocycles. The van der Waals surface area contributed by atoms with Crippen LogP contribution in [0.5, 0.6) is 5.75 Å². The number of benzene rings is 1. The summed E-state index contributed by atoms with van der Waals surface area (Å²) in [6.45, 7) is 2.47. The molecule has 0 aromatic heterocycles. The number of aliphatic hydroxyl groups excluding tert-OH is 1. The molecule has 4 nitrogen and oxygen atoms in total. The lowest BCUT2D eigenvalue weighted by Gasteiger charge is -2.09. The Balaban J connectivity index is 2.91. The number of nitrogens with two attached hydrogens (primary N) is 1. The fourth-order valence-electron chi connectivity index (χ4n) is 1.10. The molecule has 0 spiro atoms. The zero-order valence-corrected chi connectivity index (χ0v) is 7.58. The lowest BCUT2D eigenvalue weighted by molar-refractivity contribution is 0.280. The number of hydrogen-bond acceptors (Lipinski definition) is 4. The minimum Gasteiger partial charge on any atom is -0.494 e. The molecule has 13 heavy (non-hydrogen) atoms. The third-order valence-electron chi connectivity index (χ3n) is 1.71. The van der Waals surface area contributed by atoms with Gasteiger partial charge in [0.1, 0.15) is 5.75 Å². The second-order valence-corrected chi connectivity index (χ2v) is 2.55. The number of aliphatic hydroxyl groups is 1. The number of anilines is 1. The molecular formula is C9H14N2O2. The molecule has 0 fully saturated rings. The van der Waals surface area contributed by atoms with E-state index >= 15 is 0 Å². The highest BCUT2D eigenvalue weighted by atomic mass is 16.5. The predicted octanol–water partition coefficient (Wildman–Crippen LogP) is 0.863. The molecule has 0 saturated carbocycles. The molecule has 1 aromatic carbocycles. The minimum atomic E-state index is -0.0551. The van der Waals surface area contributed by atoms with Crippen LogP contribution >= 0.6 is 0 Å². The van der Waals surface area contributed by atoms with Gasteiger partial charge >= 0.3 is 0 Å². The van der Waals surface area contributed by atoms with Gasteiger partial charge in [0.05, 0.1) is 18.9 Å². The molecule has 0 aliphatic heterocycles. The quantitative estimate of drug-likeness (QED) is 0.477. The first-order valence-electron chi connectivity index (χ1n) is 4.15. The van der Waals surface area contributed by atoms with E-state index in [0.717, 1.165) is 11.3 Å². The fourth-order valence-corrected chi connectivity index (χ4v) is 1.10. The molecule has 1 rings (SSSR count). The monoisotopic (exact) mass is 182 g/mol. The Bertz CT molecular complexity index is 276. The number of nitrogens with one attached hydrogen (secondary N) is 1. The summed E-state index contributed by atoms with van der Waals surface area (Å²) in [5.41, 5.74) is 3.94. The zero-order valence-electron chi connectivity index (χ0n) is 7.58. The third-order valence-corrected chi connectivity index (χ3v) is 1.71. The molecule has 72 valence electrons. The van der Waals surface area contributed by atoms with Crippen molar-refractivity contribution in [1.29, 1.82) is 0 Å². The van der Waals surface area contributed by atoms with Crippen molar-refractivity contribution in [2.45, 2.75) is 13.5 Å². The molecule has 0 aliphatic carbocycles. The first kappa shape index (κ1) is 9.83. The molecule has 0 saturated heterocycles. The molecular weight excluding hydrogens is 168 g/mol. The van der Waals surface area contributed by atoms with Gasteiger partial charge < -0.3 is 15.3 Å².